The molecular formula is C20H18N4O4. The third-order valence-corrected chi connectivity index (χ3v) is 4.70. The Labute approximate surface area is 161 Å². The molecule has 142 valence electrons. The number of benzene rings is 2. The van der Waals surface area contributed by atoms with E-state index in [1.165, 1.54) is 7.05 Å². The van der Waals surface area contributed by atoms with E-state index in [1.54, 1.807) is 48.5 Å². The molecule has 0 saturated heterocycles. The SMILES string of the molecule is C[NH+]([O-])CCNC(=O)N1C(=O)/C(=C2\Nc3ccccc3C2=O)c2ccccc21. The highest BCUT2D eigenvalue weighted by Gasteiger charge is 2.41. The van der Waals surface area contributed by atoms with Crippen LogP contribution in [0.4, 0.5) is 16.2 Å². The molecule has 2 aromatic rings. The molecule has 0 fully saturated rings. The maximum atomic E-state index is 13.1. The second kappa shape index (κ2) is 6.91. The van der Waals surface area contributed by atoms with Crippen molar-refractivity contribution in [2.45, 2.75) is 0 Å². The molecule has 0 saturated carbocycles. The van der Waals surface area contributed by atoms with Gasteiger partial charge in [-0.2, -0.15) is 0 Å². The lowest BCUT2D eigenvalue weighted by atomic mass is 10.0. The number of carbonyl (C=O) groups excluding carboxylic acids is 3. The second-order valence-corrected chi connectivity index (χ2v) is 6.59. The van der Waals surface area contributed by atoms with Crippen LogP contribution in [0.15, 0.2) is 54.2 Å². The number of nitrogens with one attached hydrogen (secondary N) is 3. The first-order valence-corrected chi connectivity index (χ1v) is 8.85. The van der Waals surface area contributed by atoms with Crippen LogP contribution in [-0.4, -0.2) is 37.9 Å². The maximum Gasteiger partial charge on any atom is 0.329 e. The van der Waals surface area contributed by atoms with Gasteiger partial charge in [0.2, 0.25) is 5.78 Å². The number of likely N-dealkylation sites (N-methyl/N-ethyl adjacent to an activating group) is 1. The van der Waals surface area contributed by atoms with Gasteiger partial charge in [0, 0.05) is 16.8 Å². The molecule has 3 amide bonds. The number of ketones is 1. The van der Waals surface area contributed by atoms with Gasteiger partial charge in [0.15, 0.2) is 0 Å². The molecule has 0 spiro atoms. The fourth-order valence-corrected chi connectivity index (χ4v) is 3.38. The Balaban J connectivity index is 1.73. The minimum Gasteiger partial charge on any atom is -0.634 e. The lowest BCUT2D eigenvalue weighted by Gasteiger charge is -2.19. The van der Waals surface area contributed by atoms with Crippen LogP contribution < -0.4 is 20.6 Å². The van der Waals surface area contributed by atoms with Crippen LogP contribution in [0, 0.1) is 5.21 Å². The van der Waals surface area contributed by atoms with Crippen molar-refractivity contribution in [2.75, 3.05) is 30.4 Å². The summed E-state index contributed by atoms with van der Waals surface area (Å²) in [5, 5.41) is 16.6. The molecule has 3 N–H and O–H groups in total. The maximum absolute atomic E-state index is 13.1. The van der Waals surface area contributed by atoms with E-state index in [0.29, 0.717) is 22.5 Å². The quantitative estimate of drug-likeness (QED) is 0.541. The van der Waals surface area contributed by atoms with Gasteiger partial charge in [-0.05, 0) is 18.2 Å². The fraction of sp³-hybridized carbons (Fsp3) is 0.150. The van der Waals surface area contributed by atoms with E-state index < -0.39 is 11.9 Å². The van der Waals surface area contributed by atoms with Crippen molar-refractivity contribution in [1.29, 1.82) is 0 Å². The molecular weight excluding hydrogens is 360 g/mol. The number of hydrogen-bond donors (Lipinski definition) is 3. The average molecular weight is 378 g/mol. The lowest BCUT2D eigenvalue weighted by Crippen LogP contribution is -3.04. The van der Waals surface area contributed by atoms with Gasteiger partial charge in [0.05, 0.1) is 31.4 Å². The Bertz CT molecular complexity index is 1030. The predicted octanol–water partition coefficient (Wildman–Crippen LogP) is 0.775. The summed E-state index contributed by atoms with van der Waals surface area (Å²) in [5.41, 5.74) is 2.36. The summed E-state index contributed by atoms with van der Waals surface area (Å²) >= 11 is 0. The lowest BCUT2D eigenvalue weighted by molar-refractivity contribution is -0.824. The first-order valence-electron chi connectivity index (χ1n) is 8.85. The molecule has 28 heavy (non-hydrogen) atoms. The van der Waals surface area contributed by atoms with Crippen LogP contribution >= 0.6 is 0 Å². The highest BCUT2D eigenvalue weighted by Crippen LogP contribution is 2.41. The van der Waals surface area contributed by atoms with Crippen LogP contribution in [0.3, 0.4) is 0 Å². The second-order valence-electron chi connectivity index (χ2n) is 6.59. The summed E-state index contributed by atoms with van der Waals surface area (Å²) < 4.78 is 0. The highest BCUT2D eigenvalue weighted by molar-refractivity contribution is 6.44. The molecule has 1 atom stereocenters. The van der Waals surface area contributed by atoms with Crippen molar-refractivity contribution in [2.24, 2.45) is 0 Å². The number of Topliss-reactive ketones (excluding diaryl/α,β-unsaturated/α-hetero) is 1. The summed E-state index contributed by atoms with van der Waals surface area (Å²) in [6.45, 7) is 0.313. The number of anilines is 2. The van der Waals surface area contributed by atoms with Crippen molar-refractivity contribution >= 4 is 34.7 Å². The summed E-state index contributed by atoms with van der Waals surface area (Å²) in [6, 6.07) is 13.2. The van der Waals surface area contributed by atoms with E-state index in [2.05, 4.69) is 10.6 Å². The zero-order chi connectivity index (χ0) is 19.8. The number of imide groups is 1. The summed E-state index contributed by atoms with van der Waals surface area (Å²) in [5.74, 6) is -0.863. The van der Waals surface area contributed by atoms with E-state index >= 15 is 0 Å². The normalized spacial score (nSPS) is 18.6. The van der Waals surface area contributed by atoms with Crippen LogP contribution in [0.25, 0.3) is 5.57 Å². The fourth-order valence-electron chi connectivity index (χ4n) is 3.38. The molecule has 0 aromatic heterocycles. The molecule has 2 heterocycles. The van der Waals surface area contributed by atoms with Crippen LogP contribution in [0.2, 0.25) is 0 Å². The Morgan fingerprint density at radius 3 is 2.50 bits per heavy atom. The standard InChI is InChI=1S/C20H18N4O4/c1-23(28)11-10-21-20(27)24-15-9-5-3-7-13(15)16(19(24)26)17-18(25)12-6-2-4-8-14(12)22-17/h2-9,22-23H,10-11H2,1H3,(H,21,27)/b17-16-. The first kappa shape index (κ1) is 17.9. The summed E-state index contributed by atoms with van der Waals surface area (Å²) in [7, 11) is 1.43. The molecule has 8 heteroatoms. The van der Waals surface area contributed by atoms with E-state index in [-0.39, 0.29) is 35.2 Å². The Kier molecular flexibility index (Phi) is 4.42. The van der Waals surface area contributed by atoms with E-state index in [4.69, 9.17) is 0 Å². The molecule has 1 unspecified atom stereocenters. The number of allylic oxidation sites excluding steroid dienone is 1. The number of amides is 3. The zero-order valence-corrected chi connectivity index (χ0v) is 15.1. The van der Waals surface area contributed by atoms with Gasteiger partial charge < -0.3 is 20.9 Å². The third kappa shape index (κ3) is 2.84. The molecule has 0 aliphatic carbocycles. The number of quaternary nitrogens is 1. The minimum absolute atomic E-state index is 0.0604. The van der Waals surface area contributed by atoms with Crippen LogP contribution in [-0.2, 0) is 4.79 Å². The first-order chi connectivity index (χ1) is 13.5. The Morgan fingerprint density at radius 2 is 1.79 bits per heavy atom. The predicted molar refractivity (Wildman–Crippen MR) is 104 cm³/mol. The smallest absolute Gasteiger partial charge is 0.329 e. The minimum atomic E-state index is -0.628. The summed E-state index contributed by atoms with van der Waals surface area (Å²) in [4.78, 5) is 39.6. The Morgan fingerprint density at radius 1 is 1.11 bits per heavy atom. The summed E-state index contributed by atoms with van der Waals surface area (Å²) in [6.07, 6.45) is 0. The number of hydrogen-bond acceptors (Lipinski definition) is 5. The number of rotatable bonds is 3. The highest BCUT2D eigenvalue weighted by atomic mass is 16.5. The van der Waals surface area contributed by atoms with Crippen molar-refractivity contribution in [3.05, 3.63) is 70.6 Å². The van der Waals surface area contributed by atoms with Crippen molar-refractivity contribution in [3.8, 4) is 0 Å². The van der Waals surface area contributed by atoms with Gasteiger partial charge in [-0.3, -0.25) is 9.59 Å². The van der Waals surface area contributed by atoms with E-state index in [1.807, 2.05) is 0 Å². The number of urea groups is 1. The average Bonchev–Trinajstić information content (AvgIpc) is 3.15. The molecule has 4 rings (SSSR count). The number of nitrogens with zero attached hydrogens (tertiary/aromatic N) is 1. The molecule has 0 bridgehead atoms. The molecule has 2 aliphatic rings. The monoisotopic (exact) mass is 378 g/mol. The largest absolute Gasteiger partial charge is 0.634 e. The number of carbonyl (C=O) groups is 3. The van der Waals surface area contributed by atoms with Crippen LogP contribution in [0.1, 0.15) is 15.9 Å². The van der Waals surface area contributed by atoms with Gasteiger partial charge in [0.1, 0.15) is 5.70 Å². The van der Waals surface area contributed by atoms with E-state index in [9.17, 15) is 19.6 Å². The van der Waals surface area contributed by atoms with Crippen molar-refractivity contribution in [1.82, 2.24) is 5.32 Å². The molecule has 8 nitrogen and oxygen atoms in total. The zero-order valence-electron chi connectivity index (χ0n) is 15.1. The molecule has 0 radical (unpaired) electrons. The van der Waals surface area contributed by atoms with Crippen molar-refractivity contribution < 1.29 is 19.4 Å². The van der Waals surface area contributed by atoms with Gasteiger partial charge in [-0.15, -0.1) is 0 Å². The third-order valence-electron chi connectivity index (χ3n) is 4.70. The number of para-hydroxylation sites is 2. The van der Waals surface area contributed by atoms with Gasteiger partial charge in [-0.1, -0.05) is 30.3 Å². The topological polar surface area (TPSA) is 106 Å². The van der Waals surface area contributed by atoms with E-state index in [0.717, 1.165) is 4.90 Å². The number of fused-ring (bicyclic) bond motifs is 2. The van der Waals surface area contributed by atoms with Gasteiger partial charge in [0.25, 0.3) is 5.91 Å². The molecule has 2 aliphatic heterocycles. The van der Waals surface area contributed by atoms with Crippen molar-refractivity contribution in [3.63, 3.8) is 0 Å². The number of hydroxylamine groups is 2. The van der Waals surface area contributed by atoms with Gasteiger partial charge >= 0.3 is 6.03 Å². The van der Waals surface area contributed by atoms with Gasteiger partial charge in [-0.25, -0.2) is 9.69 Å². The Hall–Kier alpha value is -3.49. The molecule has 2 aromatic carbocycles. The van der Waals surface area contributed by atoms with Crippen LogP contribution in [0.5, 0.6) is 0 Å².